The molecule has 0 spiro atoms. The van der Waals surface area contributed by atoms with Gasteiger partial charge in [-0.25, -0.2) is 0 Å². The van der Waals surface area contributed by atoms with Crippen molar-refractivity contribution < 1.29 is 0 Å². The third kappa shape index (κ3) is 1.95. The van der Waals surface area contributed by atoms with Crippen molar-refractivity contribution in [1.82, 2.24) is 0 Å². The number of aliphatic imine (C=N–C) groups is 1. The molecule has 0 amide bonds. The highest BCUT2D eigenvalue weighted by Gasteiger charge is 2.24. The van der Waals surface area contributed by atoms with Crippen LogP contribution in [-0.2, 0) is 0 Å². The van der Waals surface area contributed by atoms with Crippen molar-refractivity contribution in [3.63, 3.8) is 0 Å². The maximum atomic E-state index is 5.90. The minimum absolute atomic E-state index is 0.463. The molecule has 74 valence electrons. The van der Waals surface area contributed by atoms with Gasteiger partial charge in [0.15, 0.2) is 0 Å². The van der Waals surface area contributed by atoms with E-state index in [4.69, 9.17) is 5.73 Å². The maximum absolute atomic E-state index is 5.90. The molecule has 2 N–H and O–H groups in total. The molecular formula is C12H16N2. The molecule has 0 saturated heterocycles. The SMILES string of the molecule is CC1CC(N=C(N)c2ccccc2)C1. The van der Waals surface area contributed by atoms with Crippen molar-refractivity contribution >= 4 is 5.84 Å². The topological polar surface area (TPSA) is 38.4 Å². The monoisotopic (exact) mass is 188 g/mol. The lowest BCUT2D eigenvalue weighted by Gasteiger charge is -2.29. The molecule has 0 aliphatic heterocycles. The van der Waals surface area contributed by atoms with Gasteiger partial charge >= 0.3 is 0 Å². The Morgan fingerprint density at radius 1 is 1.29 bits per heavy atom. The normalized spacial score (nSPS) is 27.1. The van der Waals surface area contributed by atoms with Gasteiger partial charge in [0.05, 0.1) is 6.04 Å². The smallest absolute Gasteiger partial charge is 0.125 e. The number of amidine groups is 1. The van der Waals surface area contributed by atoms with E-state index in [1.165, 1.54) is 12.8 Å². The van der Waals surface area contributed by atoms with Gasteiger partial charge in [0.1, 0.15) is 5.84 Å². The Kier molecular flexibility index (Phi) is 2.53. The number of hydrogen-bond acceptors (Lipinski definition) is 1. The zero-order valence-electron chi connectivity index (χ0n) is 8.48. The molecule has 0 aromatic heterocycles. The summed E-state index contributed by atoms with van der Waals surface area (Å²) in [7, 11) is 0. The lowest BCUT2D eigenvalue weighted by atomic mass is 9.82. The van der Waals surface area contributed by atoms with E-state index in [1.54, 1.807) is 0 Å². The zero-order chi connectivity index (χ0) is 9.97. The van der Waals surface area contributed by atoms with Gasteiger partial charge in [0, 0.05) is 5.56 Å². The average Bonchev–Trinajstić information content (AvgIpc) is 2.17. The summed E-state index contributed by atoms with van der Waals surface area (Å²) in [5.41, 5.74) is 6.94. The highest BCUT2D eigenvalue weighted by atomic mass is 14.9. The minimum atomic E-state index is 0.463. The quantitative estimate of drug-likeness (QED) is 0.560. The first kappa shape index (κ1) is 9.25. The molecule has 2 rings (SSSR count). The molecule has 1 saturated carbocycles. The van der Waals surface area contributed by atoms with Crippen LogP contribution in [0.25, 0.3) is 0 Å². The van der Waals surface area contributed by atoms with Gasteiger partial charge in [0.25, 0.3) is 0 Å². The van der Waals surface area contributed by atoms with Gasteiger partial charge < -0.3 is 5.73 Å². The number of nitrogens with zero attached hydrogens (tertiary/aromatic N) is 1. The Bertz CT molecular complexity index is 323. The van der Waals surface area contributed by atoms with Gasteiger partial charge in [-0.15, -0.1) is 0 Å². The number of rotatable bonds is 2. The van der Waals surface area contributed by atoms with Crippen LogP contribution in [0.15, 0.2) is 35.3 Å². The maximum Gasteiger partial charge on any atom is 0.125 e. The Balaban J connectivity index is 2.05. The van der Waals surface area contributed by atoms with E-state index in [1.807, 2.05) is 30.3 Å². The van der Waals surface area contributed by atoms with E-state index >= 15 is 0 Å². The molecule has 2 heteroatoms. The van der Waals surface area contributed by atoms with E-state index in [0.29, 0.717) is 11.9 Å². The second kappa shape index (κ2) is 3.82. The molecule has 1 aliphatic carbocycles. The van der Waals surface area contributed by atoms with Gasteiger partial charge in [-0.3, -0.25) is 4.99 Å². The van der Waals surface area contributed by atoms with Crippen LogP contribution in [0.1, 0.15) is 25.3 Å². The van der Waals surface area contributed by atoms with Crippen LogP contribution in [0.3, 0.4) is 0 Å². The molecule has 2 nitrogen and oxygen atoms in total. The molecular weight excluding hydrogens is 172 g/mol. The van der Waals surface area contributed by atoms with Gasteiger partial charge in [-0.1, -0.05) is 37.3 Å². The third-order valence-corrected chi connectivity index (χ3v) is 2.74. The molecule has 1 fully saturated rings. The van der Waals surface area contributed by atoms with E-state index in [2.05, 4.69) is 11.9 Å². The Hall–Kier alpha value is -1.31. The summed E-state index contributed by atoms with van der Waals surface area (Å²) in [4.78, 5) is 4.50. The predicted octanol–water partition coefficient (Wildman–Crippen LogP) is 2.19. The number of benzene rings is 1. The fourth-order valence-corrected chi connectivity index (χ4v) is 1.85. The summed E-state index contributed by atoms with van der Waals surface area (Å²) in [5.74, 6) is 1.51. The van der Waals surface area contributed by atoms with Crippen molar-refractivity contribution in [3.8, 4) is 0 Å². The summed E-state index contributed by atoms with van der Waals surface area (Å²) in [5, 5.41) is 0. The van der Waals surface area contributed by atoms with Crippen LogP contribution in [0.2, 0.25) is 0 Å². The summed E-state index contributed by atoms with van der Waals surface area (Å²) >= 11 is 0. The summed E-state index contributed by atoms with van der Waals surface area (Å²) < 4.78 is 0. The predicted molar refractivity (Wildman–Crippen MR) is 59.4 cm³/mol. The molecule has 0 bridgehead atoms. The minimum Gasteiger partial charge on any atom is -0.383 e. The zero-order valence-corrected chi connectivity index (χ0v) is 8.48. The van der Waals surface area contributed by atoms with E-state index in [0.717, 1.165) is 11.5 Å². The van der Waals surface area contributed by atoms with Crippen LogP contribution in [0.4, 0.5) is 0 Å². The standard InChI is InChI=1S/C12H16N2/c1-9-7-11(8-9)14-12(13)10-5-3-2-4-6-10/h2-6,9,11H,7-8H2,1H3,(H2,13,14). The summed E-state index contributed by atoms with van der Waals surface area (Å²) in [6.45, 7) is 2.25. The summed E-state index contributed by atoms with van der Waals surface area (Å²) in [6, 6.07) is 10.4. The Morgan fingerprint density at radius 2 is 1.93 bits per heavy atom. The molecule has 0 unspecified atom stereocenters. The van der Waals surface area contributed by atoms with Crippen molar-refractivity contribution in [2.24, 2.45) is 16.6 Å². The second-order valence-electron chi connectivity index (χ2n) is 4.11. The van der Waals surface area contributed by atoms with E-state index in [9.17, 15) is 0 Å². The molecule has 1 aliphatic rings. The molecule has 0 heterocycles. The Labute approximate surface area is 84.9 Å². The fraction of sp³-hybridized carbons (Fsp3) is 0.417. The van der Waals surface area contributed by atoms with E-state index in [-0.39, 0.29) is 0 Å². The lowest BCUT2D eigenvalue weighted by Crippen LogP contribution is -2.28. The average molecular weight is 188 g/mol. The highest BCUT2D eigenvalue weighted by molar-refractivity contribution is 5.97. The largest absolute Gasteiger partial charge is 0.383 e. The molecule has 0 atom stereocenters. The number of hydrogen-bond donors (Lipinski definition) is 1. The fourth-order valence-electron chi connectivity index (χ4n) is 1.85. The van der Waals surface area contributed by atoms with Crippen LogP contribution >= 0.6 is 0 Å². The molecule has 1 aromatic rings. The molecule has 1 aromatic carbocycles. The lowest BCUT2D eigenvalue weighted by molar-refractivity contribution is 0.292. The van der Waals surface area contributed by atoms with Crippen molar-refractivity contribution in [2.45, 2.75) is 25.8 Å². The first-order chi connectivity index (χ1) is 6.75. The van der Waals surface area contributed by atoms with Crippen LogP contribution in [0, 0.1) is 5.92 Å². The first-order valence-corrected chi connectivity index (χ1v) is 5.14. The van der Waals surface area contributed by atoms with Crippen molar-refractivity contribution in [3.05, 3.63) is 35.9 Å². The highest BCUT2D eigenvalue weighted by Crippen LogP contribution is 2.29. The van der Waals surface area contributed by atoms with Crippen LogP contribution in [0.5, 0.6) is 0 Å². The van der Waals surface area contributed by atoms with Crippen LogP contribution in [-0.4, -0.2) is 11.9 Å². The van der Waals surface area contributed by atoms with Crippen molar-refractivity contribution in [2.75, 3.05) is 0 Å². The van der Waals surface area contributed by atoms with Gasteiger partial charge in [0.2, 0.25) is 0 Å². The van der Waals surface area contributed by atoms with Gasteiger partial charge in [-0.05, 0) is 18.8 Å². The van der Waals surface area contributed by atoms with E-state index < -0.39 is 0 Å². The molecule has 0 radical (unpaired) electrons. The molecule has 14 heavy (non-hydrogen) atoms. The van der Waals surface area contributed by atoms with Crippen LogP contribution < -0.4 is 5.73 Å². The van der Waals surface area contributed by atoms with Crippen molar-refractivity contribution in [1.29, 1.82) is 0 Å². The Morgan fingerprint density at radius 3 is 2.50 bits per heavy atom. The van der Waals surface area contributed by atoms with Gasteiger partial charge in [-0.2, -0.15) is 0 Å². The first-order valence-electron chi connectivity index (χ1n) is 5.14. The second-order valence-corrected chi connectivity index (χ2v) is 4.11. The summed E-state index contributed by atoms with van der Waals surface area (Å²) in [6.07, 6.45) is 2.38. The third-order valence-electron chi connectivity index (χ3n) is 2.74. The number of nitrogens with two attached hydrogens (primary N) is 1.